The molecule has 0 spiro atoms. The summed E-state index contributed by atoms with van der Waals surface area (Å²) >= 11 is 0. The Labute approximate surface area is 291 Å². The molecular weight excluding hydrogens is 662 g/mol. The molecule has 0 saturated carbocycles. The summed E-state index contributed by atoms with van der Waals surface area (Å²) in [5.41, 5.74) is 0.198. The number of aliphatic hydroxyl groups is 1. The Morgan fingerprint density at radius 3 is 2.22 bits per heavy atom. The maximum atomic E-state index is 13.1. The second-order valence-electron chi connectivity index (χ2n) is 13.9. The number of likely N-dealkylation sites (N-methyl/N-ethyl adjacent to an activating group) is 1. The molecule has 1 fully saturated rings. The van der Waals surface area contributed by atoms with Crippen LogP contribution in [0.25, 0.3) is 0 Å². The Balaban J connectivity index is 1.22. The maximum absolute atomic E-state index is 13.1. The Hall–Kier alpha value is -4.54. The Morgan fingerprint density at radius 2 is 1.62 bits per heavy atom. The van der Waals surface area contributed by atoms with Gasteiger partial charge in [-0.1, -0.05) is 51.1 Å². The number of imide groups is 1. The lowest BCUT2D eigenvalue weighted by atomic mass is 10.1. The van der Waals surface area contributed by atoms with E-state index in [1.807, 2.05) is 13.1 Å². The molecule has 14 nitrogen and oxygen atoms in total. The maximum Gasteiger partial charge on any atom is 0.351 e. The van der Waals surface area contributed by atoms with Crippen LogP contribution in [0.1, 0.15) is 58.1 Å². The molecule has 2 aliphatic heterocycles. The van der Waals surface area contributed by atoms with Crippen LogP contribution in [0.5, 0.6) is 0 Å². The fourth-order valence-electron chi connectivity index (χ4n) is 5.36. The van der Waals surface area contributed by atoms with Gasteiger partial charge in [-0.15, -0.1) is 0 Å². The lowest BCUT2D eigenvalue weighted by Crippen LogP contribution is -2.50. The van der Waals surface area contributed by atoms with E-state index in [2.05, 4.69) is 31.1 Å². The van der Waals surface area contributed by atoms with E-state index in [0.29, 0.717) is 5.56 Å². The fourth-order valence-corrected chi connectivity index (χ4v) is 6.69. The molecule has 0 aliphatic carbocycles. The summed E-state index contributed by atoms with van der Waals surface area (Å²) in [5, 5.41) is 13.9. The zero-order valence-electron chi connectivity index (χ0n) is 29.0. The van der Waals surface area contributed by atoms with Crippen molar-refractivity contribution in [1.82, 2.24) is 19.4 Å². The van der Waals surface area contributed by atoms with E-state index in [1.54, 1.807) is 61.6 Å². The summed E-state index contributed by atoms with van der Waals surface area (Å²) in [4.78, 5) is 70.3. The van der Waals surface area contributed by atoms with E-state index in [0.717, 1.165) is 9.47 Å². The van der Waals surface area contributed by atoms with Crippen molar-refractivity contribution in [3.05, 3.63) is 94.0 Å². The molecule has 15 heteroatoms. The monoisotopic (exact) mass is 705 g/mol. The Kier molecular flexibility index (Phi) is 10.8. The topological polar surface area (TPSA) is 170 Å². The second-order valence-corrected chi connectivity index (χ2v) is 18.6. The highest BCUT2D eigenvalue weighted by Crippen LogP contribution is 2.41. The van der Waals surface area contributed by atoms with E-state index in [4.69, 9.17) is 13.9 Å². The zero-order valence-corrected chi connectivity index (χ0v) is 30.0. The van der Waals surface area contributed by atoms with Crippen LogP contribution in [0.3, 0.4) is 0 Å². The van der Waals surface area contributed by atoms with Gasteiger partial charge in [-0.05, 0) is 48.5 Å². The quantitative estimate of drug-likeness (QED) is 0.162. The smallest absolute Gasteiger partial charge is 0.351 e. The van der Waals surface area contributed by atoms with Gasteiger partial charge in [0.15, 0.2) is 14.5 Å². The number of ether oxygens (including phenoxy) is 2. The number of anilines is 1. The summed E-state index contributed by atoms with van der Waals surface area (Å²) in [7, 11) is -0.903. The number of nitrogens with zero attached hydrogens (tertiary/aromatic N) is 4. The minimum absolute atomic E-state index is 0.0271. The first kappa shape index (κ1) is 36.7. The third-order valence-electron chi connectivity index (χ3n) is 9.38. The molecule has 5 rings (SSSR count). The number of rotatable bonds is 12. The van der Waals surface area contributed by atoms with Gasteiger partial charge in [-0.2, -0.15) is 4.98 Å². The SMILES string of the molecule is CN(CCOC[C@H]1O[C@@H](n2ccc(NC(=O)c3ccccc3)nc2=O)C(O)[C@H]1O[Si](C)(C)C(C)(C)C)C(=O)CN1C(=O)c2ccccc2C1=O. The van der Waals surface area contributed by atoms with Gasteiger partial charge in [-0.25, -0.2) is 4.79 Å². The summed E-state index contributed by atoms with van der Waals surface area (Å²) in [6.45, 7) is 10.1. The molecule has 4 atom stereocenters. The van der Waals surface area contributed by atoms with Crippen LogP contribution in [0.4, 0.5) is 5.82 Å². The van der Waals surface area contributed by atoms with E-state index < -0.39 is 68.7 Å². The van der Waals surface area contributed by atoms with Crippen LogP contribution in [-0.4, -0.2) is 108 Å². The van der Waals surface area contributed by atoms with Gasteiger partial charge in [0.2, 0.25) is 5.91 Å². The summed E-state index contributed by atoms with van der Waals surface area (Å²) in [6.07, 6.45) is -2.65. The number of aromatic nitrogens is 2. The van der Waals surface area contributed by atoms with E-state index in [9.17, 15) is 29.1 Å². The van der Waals surface area contributed by atoms with Gasteiger partial charge < -0.3 is 29.2 Å². The highest BCUT2D eigenvalue weighted by atomic mass is 28.4. The molecule has 0 radical (unpaired) electrons. The Bertz CT molecular complexity index is 1770. The largest absolute Gasteiger partial charge is 0.408 e. The molecule has 2 N–H and O–H groups in total. The van der Waals surface area contributed by atoms with Crippen molar-refractivity contribution in [1.29, 1.82) is 0 Å². The van der Waals surface area contributed by atoms with Crippen molar-refractivity contribution in [3.63, 3.8) is 0 Å². The number of hydrogen-bond acceptors (Lipinski definition) is 10. The lowest BCUT2D eigenvalue weighted by Gasteiger charge is -2.40. The molecule has 3 aromatic rings. The van der Waals surface area contributed by atoms with Crippen LogP contribution in [-0.2, 0) is 18.7 Å². The highest BCUT2D eigenvalue weighted by Gasteiger charge is 2.50. The number of aliphatic hydroxyl groups excluding tert-OH is 1. The van der Waals surface area contributed by atoms with Crippen LogP contribution in [0.2, 0.25) is 18.1 Å². The van der Waals surface area contributed by atoms with Crippen molar-refractivity contribution in [2.45, 2.75) is 63.4 Å². The number of benzene rings is 2. The lowest BCUT2D eigenvalue weighted by molar-refractivity contribution is -0.131. The fraction of sp³-hybridized carbons (Fsp3) is 0.429. The molecule has 1 saturated heterocycles. The van der Waals surface area contributed by atoms with Gasteiger partial charge in [0.25, 0.3) is 17.7 Å². The number of carbonyl (C=O) groups is 4. The van der Waals surface area contributed by atoms with Gasteiger partial charge in [0, 0.05) is 25.4 Å². The van der Waals surface area contributed by atoms with Crippen molar-refractivity contribution in [2.24, 2.45) is 0 Å². The molecule has 2 aromatic carbocycles. The zero-order chi connectivity index (χ0) is 36.4. The first-order chi connectivity index (χ1) is 23.6. The minimum atomic E-state index is -2.45. The van der Waals surface area contributed by atoms with Crippen LogP contribution < -0.4 is 11.0 Å². The number of nitrogens with one attached hydrogen (secondary N) is 1. The summed E-state index contributed by atoms with van der Waals surface area (Å²) in [6, 6.07) is 16.4. The minimum Gasteiger partial charge on any atom is -0.408 e. The van der Waals surface area contributed by atoms with E-state index in [1.165, 1.54) is 17.2 Å². The van der Waals surface area contributed by atoms with Gasteiger partial charge in [0.1, 0.15) is 30.7 Å². The first-order valence-electron chi connectivity index (χ1n) is 16.3. The predicted molar refractivity (Wildman–Crippen MR) is 185 cm³/mol. The van der Waals surface area contributed by atoms with Crippen LogP contribution >= 0.6 is 0 Å². The average molecular weight is 706 g/mol. The summed E-state index contributed by atoms with van der Waals surface area (Å²) in [5.74, 6) is -1.84. The number of hydrogen-bond donors (Lipinski definition) is 2. The van der Waals surface area contributed by atoms with E-state index >= 15 is 0 Å². The predicted octanol–water partition coefficient (Wildman–Crippen LogP) is 2.92. The van der Waals surface area contributed by atoms with Gasteiger partial charge in [0.05, 0.1) is 24.3 Å². The first-order valence-corrected chi connectivity index (χ1v) is 19.2. The molecule has 0 bridgehead atoms. The van der Waals surface area contributed by atoms with Gasteiger partial charge >= 0.3 is 5.69 Å². The van der Waals surface area contributed by atoms with Crippen molar-refractivity contribution in [3.8, 4) is 0 Å². The number of amides is 4. The van der Waals surface area contributed by atoms with Gasteiger partial charge in [-0.3, -0.25) is 28.6 Å². The number of fused-ring (bicyclic) bond motifs is 1. The molecular formula is C35H43N5O9Si. The average Bonchev–Trinajstić information content (AvgIpc) is 3.50. The van der Waals surface area contributed by atoms with Crippen molar-refractivity contribution in [2.75, 3.05) is 38.7 Å². The van der Waals surface area contributed by atoms with Crippen LogP contribution in [0, 0.1) is 0 Å². The third-order valence-corrected chi connectivity index (χ3v) is 13.9. The molecule has 4 amide bonds. The molecule has 2 aliphatic rings. The van der Waals surface area contributed by atoms with Crippen LogP contribution in [0.15, 0.2) is 71.7 Å². The molecule has 1 aromatic heterocycles. The second kappa shape index (κ2) is 14.7. The third kappa shape index (κ3) is 7.76. The molecule has 3 heterocycles. The van der Waals surface area contributed by atoms with E-state index in [-0.39, 0.29) is 41.7 Å². The van der Waals surface area contributed by atoms with Crippen molar-refractivity contribution >= 4 is 37.8 Å². The Morgan fingerprint density at radius 1 is 1.00 bits per heavy atom. The molecule has 1 unspecified atom stereocenters. The summed E-state index contributed by atoms with van der Waals surface area (Å²) < 4.78 is 19.9. The number of carbonyl (C=O) groups excluding carboxylic acids is 4. The molecule has 50 heavy (non-hydrogen) atoms. The van der Waals surface area contributed by atoms with Crippen molar-refractivity contribution < 1.29 is 38.2 Å². The highest BCUT2D eigenvalue weighted by molar-refractivity contribution is 6.74. The standard InChI is InChI=1S/C35H43N5O9Si/c1-35(2,3)50(5,6)49-29-25(21-47-19-18-38(4)27(41)20-40-31(44)23-14-10-11-15-24(23)32(40)45)48-33(28(29)42)39-17-16-26(37-34(39)46)36-30(43)22-12-8-7-9-13-22/h7-17,25,28-29,33,42H,18-21H2,1-6H3,(H,36,37,43,46)/t25-,28?,29+,33-/m1/s1. The normalized spacial score (nSPS) is 20.6. The molecule has 266 valence electrons.